The molecule has 0 amide bonds. The SMILES string of the molecule is CC1(C)CC2(CCC[NH+](CC#N)C2)CCS1. The lowest BCUT2D eigenvalue weighted by atomic mass is 9.71. The highest BCUT2D eigenvalue weighted by molar-refractivity contribution is 8.00. The van der Waals surface area contributed by atoms with Crippen LogP contribution in [0.1, 0.15) is 39.5 Å². The van der Waals surface area contributed by atoms with Gasteiger partial charge in [0, 0.05) is 10.2 Å². The molecule has 2 heterocycles. The monoisotopic (exact) mass is 239 g/mol. The molecule has 2 fully saturated rings. The number of hydrogen-bond acceptors (Lipinski definition) is 2. The first kappa shape index (κ1) is 12.3. The van der Waals surface area contributed by atoms with E-state index in [0.29, 0.717) is 16.7 Å². The van der Waals surface area contributed by atoms with Crippen molar-refractivity contribution in [2.24, 2.45) is 5.41 Å². The first-order valence-electron chi connectivity index (χ1n) is 6.40. The van der Waals surface area contributed by atoms with Crippen LogP contribution in [0.25, 0.3) is 0 Å². The summed E-state index contributed by atoms with van der Waals surface area (Å²) in [5.41, 5.74) is 0.555. The minimum Gasteiger partial charge on any atom is -0.323 e. The molecule has 2 atom stereocenters. The third kappa shape index (κ3) is 2.73. The van der Waals surface area contributed by atoms with Crippen LogP contribution in [0.2, 0.25) is 0 Å². The van der Waals surface area contributed by atoms with Crippen molar-refractivity contribution in [3.05, 3.63) is 0 Å². The van der Waals surface area contributed by atoms with Crippen LogP contribution in [0, 0.1) is 16.7 Å². The Morgan fingerprint density at radius 1 is 1.38 bits per heavy atom. The van der Waals surface area contributed by atoms with E-state index < -0.39 is 0 Å². The van der Waals surface area contributed by atoms with Crippen LogP contribution in [0.4, 0.5) is 0 Å². The maximum absolute atomic E-state index is 8.83. The van der Waals surface area contributed by atoms with Gasteiger partial charge < -0.3 is 4.90 Å². The Labute approximate surface area is 103 Å². The summed E-state index contributed by atoms with van der Waals surface area (Å²) in [5.74, 6) is 1.31. The second-order valence-corrected chi connectivity index (χ2v) is 7.95. The summed E-state index contributed by atoms with van der Waals surface area (Å²) >= 11 is 2.13. The predicted molar refractivity (Wildman–Crippen MR) is 68.6 cm³/mol. The van der Waals surface area contributed by atoms with E-state index in [1.54, 1.807) is 0 Å². The van der Waals surface area contributed by atoms with E-state index >= 15 is 0 Å². The number of nitrogens with zero attached hydrogens (tertiary/aromatic N) is 1. The fraction of sp³-hybridized carbons (Fsp3) is 0.923. The van der Waals surface area contributed by atoms with Crippen LogP contribution in [0.3, 0.4) is 0 Å². The summed E-state index contributed by atoms with van der Waals surface area (Å²) in [5, 5.41) is 8.83. The standard InChI is InChI=1S/C13H22N2S/c1-12(2)10-13(5-9-16-12)4-3-7-15(11-13)8-6-14/h3-5,7-11H2,1-2H3/p+1. The summed E-state index contributed by atoms with van der Waals surface area (Å²) < 4.78 is 0.452. The van der Waals surface area contributed by atoms with E-state index in [1.165, 1.54) is 49.4 Å². The highest BCUT2D eigenvalue weighted by Gasteiger charge is 2.44. The molecule has 2 nitrogen and oxygen atoms in total. The molecule has 2 aliphatic heterocycles. The van der Waals surface area contributed by atoms with Gasteiger partial charge in [0.05, 0.1) is 13.1 Å². The van der Waals surface area contributed by atoms with Crippen molar-refractivity contribution in [1.82, 2.24) is 0 Å². The first-order valence-corrected chi connectivity index (χ1v) is 7.38. The summed E-state index contributed by atoms with van der Waals surface area (Å²) in [7, 11) is 0. The summed E-state index contributed by atoms with van der Waals surface area (Å²) in [6.07, 6.45) is 5.43. The quantitative estimate of drug-likeness (QED) is 0.702. The van der Waals surface area contributed by atoms with Gasteiger partial charge in [-0.1, -0.05) is 13.8 Å². The van der Waals surface area contributed by atoms with Crippen molar-refractivity contribution in [2.75, 3.05) is 25.4 Å². The Bertz CT molecular complexity index is 291. The van der Waals surface area contributed by atoms with E-state index in [2.05, 4.69) is 31.7 Å². The molecule has 0 saturated carbocycles. The Balaban J connectivity index is 2.04. The number of rotatable bonds is 1. The van der Waals surface area contributed by atoms with Gasteiger partial charge in [-0.3, -0.25) is 0 Å². The molecule has 3 heteroatoms. The Hall–Kier alpha value is -0.200. The molecule has 0 bridgehead atoms. The van der Waals surface area contributed by atoms with E-state index in [-0.39, 0.29) is 0 Å². The second-order valence-electron chi connectivity index (χ2n) is 6.15. The minimum atomic E-state index is 0.452. The van der Waals surface area contributed by atoms with Crippen LogP contribution < -0.4 is 4.90 Å². The Morgan fingerprint density at radius 3 is 2.88 bits per heavy atom. The number of thioether (sulfide) groups is 1. The number of nitriles is 1. The zero-order valence-electron chi connectivity index (χ0n) is 10.5. The van der Waals surface area contributed by atoms with Gasteiger partial charge in [-0.15, -0.1) is 0 Å². The molecule has 90 valence electrons. The number of piperidine rings is 1. The average molecular weight is 239 g/mol. The molecule has 16 heavy (non-hydrogen) atoms. The third-order valence-corrected chi connectivity index (χ3v) is 5.45. The molecule has 1 spiro atoms. The van der Waals surface area contributed by atoms with Gasteiger partial charge in [-0.05, 0) is 31.4 Å². The van der Waals surface area contributed by atoms with Gasteiger partial charge in [0.15, 0.2) is 6.54 Å². The molecule has 2 aliphatic rings. The molecule has 2 saturated heterocycles. The highest BCUT2D eigenvalue weighted by atomic mass is 32.2. The first-order chi connectivity index (χ1) is 7.55. The predicted octanol–water partition coefficient (Wildman–Crippen LogP) is 1.48. The highest BCUT2D eigenvalue weighted by Crippen LogP contribution is 2.48. The zero-order valence-corrected chi connectivity index (χ0v) is 11.3. The molecular weight excluding hydrogens is 216 g/mol. The Kier molecular flexibility index (Phi) is 3.51. The number of hydrogen-bond donors (Lipinski definition) is 1. The number of quaternary nitrogens is 1. The van der Waals surface area contributed by atoms with Gasteiger partial charge in [-0.2, -0.15) is 17.0 Å². The molecule has 0 aromatic carbocycles. The van der Waals surface area contributed by atoms with Crippen LogP contribution in [0.15, 0.2) is 0 Å². The van der Waals surface area contributed by atoms with Crippen molar-refractivity contribution in [1.29, 1.82) is 5.26 Å². The Morgan fingerprint density at radius 2 is 2.19 bits per heavy atom. The van der Waals surface area contributed by atoms with Gasteiger partial charge in [0.1, 0.15) is 6.07 Å². The lowest BCUT2D eigenvalue weighted by molar-refractivity contribution is -0.906. The number of likely N-dealkylation sites (tertiary alicyclic amines) is 1. The number of nitrogens with one attached hydrogen (secondary N) is 1. The van der Waals surface area contributed by atoms with Crippen molar-refractivity contribution in [3.63, 3.8) is 0 Å². The average Bonchev–Trinajstić information content (AvgIpc) is 2.16. The van der Waals surface area contributed by atoms with Gasteiger partial charge in [0.25, 0.3) is 0 Å². The van der Waals surface area contributed by atoms with E-state index in [9.17, 15) is 0 Å². The molecule has 0 aliphatic carbocycles. The minimum absolute atomic E-state index is 0.452. The maximum atomic E-state index is 8.83. The van der Waals surface area contributed by atoms with Crippen LogP contribution >= 0.6 is 11.8 Å². The van der Waals surface area contributed by atoms with Crippen molar-refractivity contribution >= 4 is 11.8 Å². The molecule has 2 unspecified atom stereocenters. The zero-order chi connectivity index (χ0) is 11.6. The second kappa shape index (κ2) is 4.58. The van der Waals surface area contributed by atoms with E-state index in [1.807, 2.05) is 0 Å². The van der Waals surface area contributed by atoms with Gasteiger partial charge in [-0.25, -0.2) is 0 Å². The third-order valence-electron chi connectivity index (χ3n) is 4.12. The van der Waals surface area contributed by atoms with Crippen LogP contribution in [0.5, 0.6) is 0 Å². The molecular formula is C13H23N2S+. The molecule has 0 aromatic heterocycles. The van der Waals surface area contributed by atoms with Gasteiger partial charge in [0.2, 0.25) is 0 Å². The van der Waals surface area contributed by atoms with Crippen molar-refractivity contribution in [2.45, 2.75) is 44.3 Å². The van der Waals surface area contributed by atoms with Crippen LogP contribution in [-0.4, -0.2) is 30.1 Å². The van der Waals surface area contributed by atoms with Crippen molar-refractivity contribution < 1.29 is 4.90 Å². The summed E-state index contributed by atoms with van der Waals surface area (Å²) in [6, 6.07) is 2.34. The van der Waals surface area contributed by atoms with Crippen LogP contribution in [-0.2, 0) is 0 Å². The van der Waals surface area contributed by atoms with E-state index in [0.717, 1.165) is 0 Å². The lowest BCUT2D eigenvalue weighted by Crippen LogP contribution is -3.14. The molecule has 0 radical (unpaired) electrons. The fourth-order valence-corrected chi connectivity index (χ4v) is 5.13. The van der Waals surface area contributed by atoms with E-state index in [4.69, 9.17) is 5.26 Å². The molecule has 1 N–H and O–H groups in total. The maximum Gasteiger partial charge on any atom is 0.165 e. The van der Waals surface area contributed by atoms with Gasteiger partial charge >= 0.3 is 0 Å². The summed E-state index contributed by atoms with van der Waals surface area (Å²) in [6.45, 7) is 7.93. The smallest absolute Gasteiger partial charge is 0.165 e. The fourth-order valence-electron chi connectivity index (χ4n) is 3.63. The molecule has 2 rings (SSSR count). The molecule has 0 aromatic rings. The normalized spacial score (nSPS) is 38.2. The lowest BCUT2D eigenvalue weighted by Gasteiger charge is -2.47. The largest absolute Gasteiger partial charge is 0.323 e. The summed E-state index contributed by atoms with van der Waals surface area (Å²) in [4.78, 5) is 1.52. The topological polar surface area (TPSA) is 28.2 Å². The van der Waals surface area contributed by atoms with Crippen molar-refractivity contribution in [3.8, 4) is 6.07 Å².